The topological polar surface area (TPSA) is 158 Å². The molecule has 10 heteroatoms. The number of nitrogens with two attached hydrogens (primary N) is 1. The Bertz CT molecular complexity index is 1230. The van der Waals surface area contributed by atoms with E-state index in [9.17, 15) is 14.4 Å². The number of carbonyl (C=O) groups excluding carboxylic acids is 3. The maximum atomic E-state index is 13.6. The minimum atomic E-state index is -0.801. The molecule has 0 saturated carbocycles. The summed E-state index contributed by atoms with van der Waals surface area (Å²) in [5, 5.41) is 19.9. The van der Waals surface area contributed by atoms with Gasteiger partial charge in [-0.2, -0.15) is 0 Å². The van der Waals surface area contributed by atoms with E-state index >= 15 is 0 Å². The minimum absolute atomic E-state index is 0.0324. The van der Waals surface area contributed by atoms with Gasteiger partial charge in [0, 0.05) is 18.7 Å². The van der Waals surface area contributed by atoms with Crippen LogP contribution in [0.25, 0.3) is 0 Å². The fourth-order valence-electron chi connectivity index (χ4n) is 4.92. The first-order chi connectivity index (χ1) is 20.1. The maximum absolute atomic E-state index is 13.6. The van der Waals surface area contributed by atoms with Crippen LogP contribution in [0, 0.1) is 18.3 Å². The summed E-state index contributed by atoms with van der Waals surface area (Å²) in [6.07, 6.45) is 2.85. The van der Waals surface area contributed by atoms with E-state index in [0.29, 0.717) is 63.1 Å². The molecule has 0 saturated heterocycles. The number of nitrogens with one attached hydrogen (secondary N) is 5. The Kier molecular flexibility index (Phi) is 12.3. The molecule has 0 radical (unpaired) electrons. The molecule has 7 N–H and O–H groups in total. The second-order valence-corrected chi connectivity index (χ2v) is 11.3. The lowest BCUT2D eigenvalue weighted by Gasteiger charge is -2.27. The number of hydrogen-bond donors (Lipinski definition) is 6. The van der Waals surface area contributed by atoms with Crippen molar-refractivity contribution >= 4 is 23.6 Å². The molecule has 0 bridgehead atoms. The number of fused-ring (bicyclic) bond motifs is 1. The van der Waals surface area contributed by atoms with Gasteiger partial charge in [0.2, 0.25) is 17.7 Å². The van der Waals surface area contributed by atoms with Gasteiger partial charge >= 0.3 is 0 Å². The number of aryl methyl sites for hydroxylation is 2. The quantitative estimate of drug-likeness (QED) is 0.228. The summed E-state index contributed by atoms with van der Waals surface area (Å²) in [5.74, 6) is -0.484. The highest BCUT2D eigenvalue weighted by Gasteiger charge is 2.30. The van der Waals surface area contributed by atoms with E-state index in [-0.39, 0.29) is 29.5 Å². The highest BCUT2D eigenvalue weighted by Crippen LogP contribution is 2.22. The van der Waals surface area contributed by atoms with Crippen molar-refractivity contribution in [2.75, 3.05) is 19.7 Å². The molecule has 0 spiro atoms. The monoisotopic (exact) mass is 578 g/mol. The number of nitrogen functional groups attached to an aromatic ring is 1. The van der Waals surface area contributed by atoms with Gasteiger partial charge in [-0.05, 0) is 67.9 Å². The third-order valence-corrected chi connectivity index (χ3v) is 7.38. The molecule has 0 aromatic heterocycles. The van der Waals surface area contributed by atoms with Gasteiger partial charge in [-0.3, -0.25) is 19.8 Å². The number of amides is 3. The molecule has 0 unspecified atom stereocenters. The summed E-state index contributed by atoms with van der Waals surface area (Å²) >= 11 is 0. The zero-order chi connectivity index (χ0) is 30.6. The fraction of sp³-hybridized carbons (Fsp3) is 0.500. The number of carbonyl (C=O) groups is 3. The Morgan fingerprint density at radius 1 is 1.00 bits per heavy atom. The SMILES string of the molecule is CCC[C@@H]1NC(=O)[C@@H](C(C)C)NC(=O)[C@@H](Cc2ccc(C)cc2)NCCOc2ccc(C(=N)N)cc2CCCNC1=O. The van der Waals surface area contributed by atoms with Crippen molar-refractivity contribution in [3.8, 4) is 5.75 Å². The van der Waals surface area contributed by atoms with Gasteiger partial charge in [-0.15, -0.1) is 0 Å². The van der Waals surface area contributed by atoms with Crippen molar-refractivity contribution in [1.29, 1.82) is 5.41 Å². The van der Waals surface area contributed by atoms with Gasteiger partial charge in [0.1, 0.15) is 30.3 Å². The predicted octanol–water partition coefficient (Wildman–Crippen LogP) is 2.35. The first-order valence-corrected chi connectivity index (χ1v) is 14.9. The van der Waals surface area contributed by atoms with Crippen molar-refractivity contribution in [2.24, 2.45) is 11.7 Å². The average Bonchev–Trinajstić information content (AvgIpc) is 2.95. The van der Waals surface area contributed by atoms with E-state index < -0.39 is 18.1 Å². The molecule has 42 heavy (non-hydrogen) atoms. The van der Waals surface area contributed by atoms with Crippen molar-refractivity contribution in [2.45, 2.75) is 77.9 Å². The van der Waals surface area contributed by atoms with Crippen molar-refractivity contribution < 1.29 is 19.1 Å². The van der Waals surface area contributed by atoms with Gasteiger partial charge in [0.15, 0.2) is 0 Å². The largest absolute Gasteiger partial charge is 0.492 e. The van der Waals surface area contributed by atoms with Crippen molar-refractivity contribution in [1.82, 2.24) is 21.3 Å². The van der Waals surface area contributed by atoms with Crippen LogP contribution in [0.3, 0.4) is 0 Å². The average molecular weight is 579 g/mol. The zero-order valence-electron chi connectivity index (χ0n) is 25.2. The second-order valence-electron chi connectivity index (χ2n) is 11.3. The first-order valence-electron chi connectivity index (χ1n) is 14.9. The Balaban J connectivity index is 1.89. The molecule has 10 nitrogen and oxygen atoms in total. The van der Waals surface area contributed by atoms with E-state index in [0.717, 1.165) is 16.7 Å². The van der Waals surface area contributed by atoms with Crippen LogP contribution in [0.2, 0.25) is 0 Å². The van der Waals surface area contributed by atoms with Gasteiger partial charge in [-0.25, -0.2) is 0 Å². The van der Waals surface area contributed by atoms with E-state index in [1.807, 2.05) is 58.0 Å². The van der Waals surface area contributed by atoms with E-state index in [1.165, 1.54) is 0 Å². The van der Waals surface area contributed by atoms with Crippen molar-refractivity contribution in [3.63, 3.8) is 0 Å². The van der Waals surface area contributed by atoms with Crippen LogP contribution in [0.1, 0.15) is 62.3 Å². The van der Waals surface area contributed by atoms with E-state index in [2.05, 4.69) is 21.3 Å². The lowest BCUT2D eigenvalue weighted by molar-refractivity contribution is -0.133. The van der Waals surface area contributed by atoms with Crippen LogP contribution >= 0.6 is 0 Å². The molecular weight excluding hydrogens is 532 g/mol. The van der Waals surface area contributed by atoms with Crippen LogP contribution in [0.5, 0.6) is 5.75 Å². The third-order valence-electron chi connectivity index (χ3n) is 7.38. The second kappa shape index (κ2) is 15.9. The Labute approximate surface area is 249 Å². The minimum Gasteiger partial charge on any atom is -0.492 e. The van der Waals surface area contributed by atoms with Crippen LogP contribution in [0.15, 0.2) is 42.5 Å². The molecule has 1 aliphatic heterocycles. The maximum Gasteiger partial charge on any atom is 0.243 e. The molecule has 2 aromatic rings. The normalized spacial score (nSPS) is 21.2. The number of amidine groups is 1. The molecule has 1 heterocycles. The smallest absolute Gasteiger partial charge is 0.243 e. The molecule has 3 amide bonds. The molecule has 0 aliphatic carbocycles. The van der Waals surface area contributed by atoms with Crippen LogP contribution in [-0.2, 0) is 27.2 Å². The van der Waals surface area contributed by atoms with Gasteiger partial charge in [0.05, 0.1) is 6.04 Å². The number of rotatable bonds is 6. The molecular formula is C32H46N6O4. The molecule has 1 aliphatic rings. The summed E-state index contributed by atoms with van der Waals surface area (Å²) in [4.78, 5) is 40.0. The first kappa shape index (κ1) is 32.6. The van der Waals surface area contributed by atoms with E-state index in [4.69, 9.17) is 15.9 Å². The zero-order valence-corrected chi connectivity index (χ0v) is 25.2. The number of ether oxygens (including phenoxy) is 1. The molecule has 3 rings (SSSR count). The Hall–Kier alpha value is -3.92. The molecule has 0 fully saturated rings. The fourth-order valence-corrected chi connectivity index (χ4v) is 4.92. The van der Waals surface area contributed by atoms with Gasteiger partial charge in [0.25, 0.3) is 0 Å². The number of benzene rings is 2. The highest BCUT2D eigenvalue weighted by molar-refractivity contribution is 5.95. The standard InChI is InChI=1S/C32H46N6O4/c1-5-7-25-30(39)36-15-6-8-23-19-24(29(33)34)13-14-27(23)42-17-16-35-26(18-22-11-9-21(4)10-12-22)31(40)38-28(20(2)3)32(41)37-25/h9-14,19-20,25-26,28,35H,5-8,15-18H2,1-4H3,(H3,33,34)(H,36,39)(H,37,41)(H,38,40)/t25-,26+,28+/m0/s1. The Morgan fingerprint density at radius 3 is 2.40 bits per heavy atom. The molecule has 228 valence electrons. The van der Waals surface area contributed by atoms with Crippen molar-refractivity contribution in [3.05, 3.63) is 64.7 Å². The summed E-state index contributed by atoms with van der Waals surface area (Å²) in [7, 11) is 0. The van der Waals surface area contributed by atoms with Crippen LogP contribution in [0.4, 0.5) is 0 Å². The van der Waals surface area contributed by atoms with E-state index in [1.54, 1.807) is 12.1 Å². The summed E-state index contributed by atoms with van der Waals surface area (Å²) < 4.78 is 6.11. The summed E-state index contributed by atoms with van der Waals surface area (Å²) in [5.41, 5.74) is 9.32. The highest BCUT2D eigenvalue weighted by atomic mass is 16.5. The number of hydrogen-bond acceptors (Lipinski definition) is 6. The predicted molar refractivity (Wildman–Crippen MR) is 165 cm³/mol. The van der Waals surface area contributed by atoms with Gasteiger partial charge < -0.3 is 31.7 Å². The lowest BCUT2D eigenvalue weighted by atomic mass is 9.99. The lowest BCUT2D eigenvalue weighted by Crippen LogP contribution is -2.58. The Morgan fingerprint density at radius 2 is 1.74 bits per heavy atom. The van der Waals surface area contributed by atoms with Crippen LogP contribution < -0.4 is 31.7 Å². The van der Waals surface area contributed by atoms with Gasteiger partial charge in [-0.1, -0.05) is 57.0 Å². The van der Waals surface area contributed by atoms with Crippen LogP contribution in [-0.4, -0.2) is 61.4 Å². The third kappa shape index (κ3) is 9.58. The molecule has 3 atom stereocenters. The summed E-state index contributed by atoms with van der Waals surface area (Å²) in [6, 6.07) is 11.3. The summed E-state index contributed by atoms with van der Waals surface area (Å²) in [6.45, 7) is 8.81. The molecule has 2 aromatic carbocycles.